The molecule has 7 heteroatoms. The van der Waals surface area contributed by atoms with E-state index in [9.17, 15) is 0 Å². The van der Waals surface area contributed by atoms with Gasteiger partial charge in [-0.3, -0.25) is 4.90 Å². The molecule has 0 spiro atoms. The summed E-state index contributed by atoms with van der Waals surface area (Å²) in [6.45, 7) is 7.97. The van der Waals surface area contributed by atoms with Crippen LogP contribution in [0, 0.1) is 0 Å². The Morgan fingerprint density at radius 3 is 2.81 bits per heavy atom. The van der Waals surface area contributed by atoms with Gasteiger partial charge in [0.2, 0.25) is 0 Å². The summed E-state index contributed by atoms with van der Waals surface area (Å²) in [5.41, 5.74) is 0.966. The van der Waals surface area contributed by atoms with Crippen molar-refractivity contribution in [1.82, 2.24) is 15.1 Å². The molecule has 0 radical (unpaired) electrons. The summed E-state index contributed by atoms with van der Waals surface area (Å²) in [5.74, 6) is 1.80. The van der Waals surface area contributed by atoms with Crippen LogP contribution in [0.2, 0.25) is 0 Å². The lowest BCUT2D eigenvalue weighted by molar-refractivity contribution is 0.160. The summed E-state index contributed by atoms with van der Waals surface area (Å²) in [6, 6.07) is 11.8. The lowest BCUT2D eigenvalue weighted by Gasteiger charge is -2.34. The molecule has 0 aliphatic carbocycles. The molecular weight excluding hydrogens is 330 g/mol. The highest BCUT2D eigenvalue weighted by Gasteiger charge is 2.17. The van der Waals surface area contributed by atoms with E-state index in [0.29, 0.717) is 13.2 Å². The Bertz CT molecular complexity index is 687. The molecule has 0 atom stereocenters. The third-order valence-corrected chi connectivity index (χ3v) is 4.19. The van der Waals surface area contributed by atoms with Gasteiger partial charge in [0.05, 0.1) is 6.21 Å². The van der Waals surface area contributed by atoms with Crippen molar-refractivity contribution in [3.63, 3.8) is 0 Å². The molecule has 1 aromatic carbocycles. The lowest BCUT2D eigenvalue weighted by atomic mass is 10.2. The fourth-order valence-corrected chi connectivity index (χ4v) is 2.81. The number of aromatic nitrogens is 2. The third kappa shape index (κ3) is 5.42. The van der Waals surface area contributed by atoms with Crippen molar-refractivity contribution in [1.29, 1.82) is 0 Å². The molecule has 0 unspecified atom stereocenters. The summed E-state index contributed by atoms with van der Waals surface area (Å²) >= 11 is 0. The van der Waals surface area contributed by atoms with Crippen molar-refractivity contribution in [2.75, 3.05) is 50.8 Å². The zero-order chi connectivity index (χ0) is 18.0. The SMILES string of the molecule is CCON=Cc1cccc(OCCN2CCN(c3cccnn3)CC2)c1. The Balaban J connectivity index is 1.40. The minimum absolute atomic E-state index is 0.566. The Labute approximate surface area is 154 Å². The highest BCUT2D eigenvalue weighted by molar-refractivity contribution is 5.79. The van der Waals surface area contributed by atoms with Crippen molar-refractivity contribution in [3.8, 4) is 5.75 Å². The zero-order valence-corrected chi connectivity index (χ0v) is 15.1. The average molecular weight is 355 g/mol. The van der Waals surface area contributed by atoms with Crippen molar-refractivity contribution >= 4 is 12.0 Å². The topological polar surface area (TPSA) is 63.1 Å². The van der Waals surface area contributed by atoms with Crippen molar-refractivity contribution in [3.05, 3.63) is 48.2 Å². The molecule has 1 aliphatic heterocycles. The van der Waals surface area contributed by atoms with E-state index in [4.69, 9.17) is 9.57 Å². The van der Waals surface area contributed by atoms with Crippen LogP contribution < -0.4 is 9.64 Å². The van der Waals surface area contributed by atoms with E-state index in [2.05, 4.69) is 25.2 Å². The van der Waals surface area contributed by atoms with Crippen LogP contribution in [0.4, 0.5) is 5.82 Å². The number of hydrogen-bond acceptors (Lipinski definition) is 7. The maximum atomic E-state index is 5.89. The molecule has 2 aromatic rings. The van der Waals surface area contributed by atoms with Crippen molar-refractivity contribution in [2.45, 2.75) is 6.92 Å². The summed E-state index contributed by atoms with van der Waals surface area (Å²) in [7, 11) is 0. The molecule has 138 valence electrons. The number of ether oxygens (including phenoxy) is 1. The first-order chi connectivity index (χ1) is 12.8. The molecule has 1 saturated heterocycles. The Kier molecular flexibility index (Phi) is 6.78. The highest BCUT2D eigenvalue weighted by atomic mass is 16.6. The van der Waals surface area contributed by atoms with Crippen LogP contribution in [0.15, 0.2) is 47.8 Å². The molecule has 1 aliphatic rings. The fourth-order valence-electron chi connectivity index (χ4n) is 2.81. The number of hydrogen-bond donors (Lipinski definition) is 0. The van der Waals surface area contributed by atoms with Crippen LogP contribution in [0.1, 0.15) is 12.5 Å². The summed E-state index contributed by atoms with van der Waals surface area (Å²) in [5, 5.41) is 12.0. The van der Waals surface area contributed by atoms with E-state index in [0.717, 1.165) is 49.9 Å². The van der Waals surface area contributed by atoms with Gasteiger partial charge in [-0.25, -0.2) is 0 Å². The van der Waals surface area contributed by atoms with Gasteiger partial charge in [0, 0.05) is 38.9 Å². The van der Waals surface area contributed by atoms with Gasteiger partial charge in [-0.1, -0.05) is 17.3 Å². The second-order valence-corrected chi connectivity index (χ2v) is 5.98. The molecule has 0 amide bonds. The van der Waals surface area contributed by atoms with Crippen LogP contribution in [0.5, 0.6) is 5.75 Å². The van der Waals surface area contributed by atoms with E-state index in [1.807, 2.05) is 43.3 Å². The quantitative estimate of drug-likeness (QED) is 0.533. The van der Waals surface area contributed by atoms with E-state index < -0.39 is 0 Å². The van der Waals surface area contributed by atoms with Gasteiger partial charge in [0.1, 0.15) is 19.0 Å². The molecule has 0 bridgehead atoms. The first-order valence-corrected chi connectivity index (χ1v) is 8.98. The molecule has 1 aromatic heterocycles. The fraction of sp³-hybridized carbons (Fsp3) is 0.421. The minimum atomic E-state index is 0.566. The van der Waals surface area contributed by atoms with E-state index >= 15 is 0 Å². The first-order valence-electron chi connectivity index (χ1n) is 8.98. The van der Waals surface area contributed by atoms with Crippen LogP contribution in [-0.2, 0) is 4.84 Å². The van der Waals surface area contributed by atoms with Gasteiger partial charge in [0.15, 0.2) is 5.82 Å². The van der Waals surface area contributed by atoms with Gasteiger partial charge in [-0.15, -0.1) is 5.10 Å². The Morgan fingerprint density at radius 1 is 1.15 bits per heavy atom. The molecule has 0 N–H and O–H groups in total. The normalized spacial score (nSPS) is 15.3. The van der Waals surface area contributed by atoms with Gasteiger partial charge in [-0.2, -0.15) is 5.10 Å². The smallest absolute Gasteiger partial charge is 0.151 e. The number of rotatable bonds is 8. The molecule has 0 saturated carbocycles. The Hall–Kier alpha value is -2.67. The summed E-state index contributed by atoms with van der Waals surface area (Å²) in [4.78, 5) is 9.67. The summed E-state index contributed by atoms with van der Waals surface area (Å²) < 4.78 is 5.89. The molecule has 26 heavy (non-hydrogen) atoms. The maximum absolute atomic E-state index is 5.89. The molecule has 7 nitrogen and oxygen atoms in total. The number of anilines is 1. The van der Waals surface area contributed by atoms with E-state index in [-0.39, 0.29) is 0 Å². The summed E-state index contributed by atoms with van der Waals surface area (Å²) in [6.07, 6.45) is 3.40. The van der Waals surface area contributed by atoms with E-state index in [1.165, 1.54) is 0 Å². The third-order valence-electron chi connectivity index (χ3n) is 4.19. The second kappa shape index (κ2) is 9.72. The predicted octanol–water partition coefficient (Wildman–Crippen LogP) is 2.05. The lowest BCUT2D eigenvalue weighted by Crippen LogP contribution is -2.47. The van der Waals surface area contributed by atoms with Gasteiger partial charge >= 0.3 is 0 Å². The monoisotopic (exact) mass is 355 g/mol. The average Bonchev–Trinajstić information content (AvgIpc) is 2.70. The van der Waals surface area contributed by atoms with Gasteiger partial charge in [0.25, 0.3) is 0 Å². The maximum Gasteiger partial charge on any atom is 0.151 e. The zero-order valence-electron chi connectivity index (χ0n) is 15.1. The number of benzene rings is 1. The number of piperazine rings is 1. The van der Waals surface area contributed by atoms with Crippen molar-refractivity contribution in [2.24, 2.45) is 5.16 Å². The number of nitrogens with zero attached hydrogens (tertiary/aromatic N) is 5. The second-order valence-electron chi connectivity index (χ2n) is 5.98. The van der Waals surface area contributed by atoms with Gasteiger partial charge < -0.3 is 14.5 Å². The minimum Gasteiger partial charge on any atom is -0.492 e. The largest absolute Gasteiger partial charge is 0.492 e. The molecule has 2 heterocycles. The van der Waals surface area contributed by atoms with Crippen molar-refractivity contribution < 1.29 is 9.57 Å². The predicted molar refractivity (Wildman–Crippen MR) is 102 cm³/mol. The van der Waals surface area contributed by atoms with Crippen LogP contribution in [0.3, 0.4) is 0 Å². The Morgan fingerprint density at radius 2 is 2.04 bits per heavy atom. The van der Waals surface area contributed by atoms with Crippen LogP contribution in [-0.4, -0.2) is 67.2 Å². The van der Waals surface area contributed by atoms with E-state index in [1.54, 1.807) is 12.4 Å². The van der Waals surface area contributed by atoms with Crippen LogP contribution >= 0.6 is 0 Å². The molecular formula is C19H25N5O2. The molecule has 1 fully saturated rings. The standard InChI is InChI=1S/C19H25N5O2/c1-2-26-21-16-17-5-3-6-18(15-17)25-14-13-23-9-11-24(12-10-23)19-7-4-8-20-22-19/h3-8,15-16H,2,9-14H2,1H3. The number of oxime groups is 1. The molecule has 3 rings (SSSR count). The highest BCUT2D eigenvalue weighted by Crippen LogP contribution is 2.14. The first kappa shape index (κ1) is 18.1. The van der Waals surface area contributed by atoms with Crippen LogP contribution in [0.25, 0.3) is 0 Å². The van der Waals surface area contributed by atoms with Gasteiger partial charge in [-0.05, 0) is 36.8 Å².